The minimum Gasteiger partial charge on any atom is -0.417 e. The minimum absolute atomic E-state index is 0.105. The number of thiazole rings is 1. The number of para-hydroxylation sites is 1. The van der Waals surface area contributed by atoms with Crippen LogP contribution in [0.1, 0.15) is 49.3 Å². The highest BCUT2D eigenvalue weighted by atomic mass is 32.1. The molecule has 0 saturated heterocycles. The van der Waals surface area contributed by atoms with E-state index in [9.17, 15) is 14.4 Å². The first-order valence-electron chi connectivity index (χ1n) is 13.5. The molecule has 0 radical (unpaired) electrons. The summed E-state index contributed by atoms with van der Waals surface area (Å²) in [7, 11) is 1.58. The lowest BCUT2D eigenvalue weighted by molar-refractivity contribution is -0.122. The molecule has 3 heterocycles. The van der Waals surface area contributed by atoms with Gasteiger partial charge in [0, 0.05) is 7.05 Å². The molecule has 5 aromatic rings. The molecule has 0 aliphatic carbocycles. The molecule has 216 valence electrons. The molecular weight excluding hydrogens is 554 g/mol. The first-order valence-corrected chi connectivity index (χ1v) is 14.3. The molecular formula is C30H31N7O4S. The first-order chi connectivity index (χ1) is 20.1. The summed E-state index contributed by atoms with van der Waals surface area (Å²) in [5, 5.41) is 14.5. The number of carbonyl (C=O) groups is 2. The zero-order valence-electron chi connectivity index (χ0n) is 23.9. The molecule has 3 aromatic heterocycles. The number of amides is 1. The Balaban J connectivity index is 1.38. The number of rotatable bonds is 10. The van der Waals surface area contributed by atoms with Crippen molar-refractivity contribution in [3.05, 3.63) is 87.9 Å². The Kier molecular flexibility index (Phi) is 7.99. The first kappa shape index (κ1) is 28.8. The Morgan fingerprint density at radius 2 is 1.76 bits per heavy atom. The molecule has 2 aromatic carbocycles. The van der Waals surface area contributed by atoms with Gasteiger partial charge in [0.15, 0.2) is 5.82 Å². The lowest BCUT2D eigenvalue weighted by atomic mass is 9.94. The van der Waals surface area contributed by atoms with E-state index < -0.39 is 28.7 Å². The summed E-state index contributed by atoms with van der Waals surface area (Å²) in [4.78, 5) is 48.9. The second kappa shape index (κ2) is 11.6. The van der Waals surface area contributed by atoms with Gasteiger partial charge in [0.25, 0.3) is 11.4 Å². The van der Waals surface area contributed by atoms with E-state index in [2.05, 4.69) is 25.8 Å². The molecule has 0 unspecified atom stereocenters. The van der Waals surface area contributed by atoms with E-state index in [1.165, 1.54) is 22.1 Å². The number of benzene rings is 2. The molecule has 42 heavy (non-hydrogen) atoms. The number of aromatic nitrogens is 5. The van der Waals surface area contributed by atoms with Crippen LogP contribution in [0.25, 0.3) is 21.5 Å². The summed E-state index contributed by atoms with van der Waals surface area (Å²) in [6.45, 7) is 7.10. The van der Waals surface area contributed by atoms with Gasteiger partial charge in [-0.2, -0.15) is 0 Å². The van der Waals surface area contributed by atoms with Crippen molar-refractivity contribution in [3.63, 3.8) is 0 Å². The van der Waals surface area contributed by atoms with E-state index in [1.54, 1.807) is 20.9 Å². The fourth-order valence-corrected chi connectivity index (χ4v) is 5.55. The molecule has 12 heteroatoms. The van der Waals surface area contributed by atoms with Gasteiger partial charge in [-0.05, 0) is 37.5 Å². The van der Waals surface area contributed by atoms with E-state index in [-0.39, 0.29) is 30.1 Å². The van der Waals surface area contributed by atoms with Crippen molar-refractivity contribution in [1.29, 1.82) is 0 Å². The monoisotopic (exact) mass is 585 g/mol. The highest BCUT2D eigenvalue weighted by molar-refractivity contribution is 7.18. The van der Waals surface area contributed by atoms with Crippen LogP contribution in [0.15, 0.2) is 70.0 Å². The Bertz CT molecular complexity index is 1770. The van der Waals surface area contributed by atoms with Gasteiger partial charge in [-0.3, -0.25) is 19.0 Å². The Labute approximate surface area is 246 Å². The van der Waals surface area contributed by atoms with E-state index in [4.69, 9.17) is 9.40 Å². The van der Waals surface area contributed by atoms with Crippen LogP contribution in [0.3, 0.4) is 0 Å². The number of nitrogens with one attached hydrogen (secondary N) is 2. The summed E-state index contributed by atoms with van der Waals surface area (Å²) in [6, 6.07) is 16.0. The minimum atomic E-state index is -0.960. The number of Topliss-reactive ketones (excluding diaryl/α,β-unsaturated/α-hetero) is 1. The highest BCUT2D eigenvalue weighted by Gasteiger charge is 2.36. The normalized spacial score (nSPS) is 12.4. The molecule has 0 aliphatic heterocycles. The third-order valence-electron chi connectivity index (χ3n) is 6.93. The van der Waals surface area contributed by atoms with Crippen LogP contribution < -0.4 is 16.2 Å². The molecule has 0 fully saturated rings. The van der Waals surface area contributed by atoms with Crippen molar-refractivity contribution in [2.45, 2.75) is 45.7 Å². The predicted octanol–water partition coefficient (Wildman–Crippen LogP) is 4.29. The molecule has 0 saturated carbocycles. The second-order valence-corrected chi connectivity index (χ2v) is 11.7. The van der Waals surface area contributed by atoms with E-state index in [0.29, 0.717) is 5.69 Å². The van der Waals surface area contributed by atoms with E-state index >= 15 is 0 Å². The highest BCUT2D eigenvalue weighted by Crippen LogP contribution is 2.36. The number of ketones is 1. The van der Waals surface area contributed by atoms with Crippen LogP contribution in [-0.2, 0) is 16.8 Å². The topological polar surface area (TPSA) is 145 Å². The molecule has 5 rings (SSSR count). The van der Waals surface area contributed by atoms with Crippen LogP contribution >= 0.6 is 11.3 Å². The summed E-state index contributed by atoms with van der Waals surface area (Å²) in [5.74, 6) is -1.20. The van der Waals surface area contributed by atoms with E-state index in [0.717, 1.165) is 20.8 Å². The lowest BCUT2D eigenvalue weighted by Gasteiger charge is -2.21. The third kappa shape index (κ3) is 5.57. The number of hydrogen-bond acceptors (Lipinski definition) is 10. The van der Waals surface area contributed by atoms with Crippen molar-refractivity contribution in [1.82, 2.24) is 30.0 Å². The quantitative estimate of drug-likeness (QED) is 0.229. The van der Waals surface area contributed by atoms with Crippen molar-refractivity contribution in [3.8, 4) is 11.3 Å². The molecule has 0 bridgehead atoms. The van der Waals surface area contributed by atoms with Gasteiger partial charge in [0.05, 0.1) is 33.6 Å². The molecule has 1 amide bonds. The van der Waals surface area contributed by atoms with Crippen LogP contribution in [-0.4, -0.2) is 49.5 Å². The number of fused-ring (bicyclic) bond motifs is 1. The van der Waals surface area contributed by atoms with Gasteiger partial charge in [-0.1, -0.05) is 56.3 Å². The summed E-state index contributed by atoms with van der Waals surface area (Å²) in [5.41, 5.74) is 0.867. The van der Waals surface area contributed by atoms with Crippen LogP contribution in [0, 0.1) is 5.92 Å². The van der Waals surface area contributed by atoms with Crippen molar-refractivity contribution in [2.24, 2.45) is 5.92 Å². The van der Waals surface area contributed by atoms with Crippen molar-refractivity contribution >= 4 is 39.1 Å². The van der Waals surface area contributed by atoms with Gasteiger partial charge >= 0.3 is 0 Å². The predicted molar refractivity (Wildman–Crippen MR) is 161 cm³/mol. The fraction of sp³-hybridized carbons (Fsp3) is 0.300. The Morgan fingerprint density at radius 1 is 1.05 bits per heavy atom. The number of carbonyl (C=O) groups excluding carboxylic acids is 2. The maximum Gasteiger partial charge on any atom is 0.294 e. The average Bonchev–Trinajstić information content (AvgIpc) is 3.66. The molecule has 1 atom stereocenters. The van der Waals surface area contributed by atoms with E-state index in [1.807, 2.05) is 68.4 Å². The summed E-state index contributed by atoms with van der Waals surface area (Å²) in [6.07, 6.45) is 1.54. The smallest absolute Gasteiger partial charge is 0.294 e. The zero-order chi connectivity index (χ0) is 30.0. The van der Waals surface area contributed by atoms with Gasteiger partial charge < -0.3 is 15.1 Å². The number of hydrogen-bond donors (Lipinski definition) is 2. The standard InChI is InChI=1S/C30H31N7O4S/c1-17(2)23(34-22(38)16-37-20(18-11-7-6-8-12-18)15-32-25(31-5)27(37)40)24(39)26-35-36-28(41-26)30(3,4)29-33-19-13-9-10-14-21(19)42-29/h6-15,17,23H,16H2,1-5H3,(H,31,32)(H,34,38)/t23-/m1/s1. The third-order valence-corrected chi connectivity index (χ3v) is 8.29. The molecule has 11 nitrogen and oxygen atoms in total. The van der Waals surface area contributed by atoms with Crippen LogP contribution in [0.5, 0.6) is 0 Å². The fourth-order valence-electron chi connectivity index (χ4n) is 4.49. The average molecular weight is 586 g/mol. The Hall–Kier alpha value is -4.71. The van der Waals surface area contributed by atoms with Crippen molar-refractivity contribution < 1.29 is 14.0 Å². The van der Waals surface area contributed by atoms with Crippen LogP contribution in [0.2, 0.25) is 0 Å². The second-order valence-electron chi connectivity index (χ2n) is 10.7. The van der Waals surface area contributed by atoms with Gasteiger partial charge in [0.2, 0.25) is 17.6 Å². The molecule has 0 spiro atoms. The largest absolute Gasteiger partial charge is 0.417 e. The van der Waals surface area contributed by atoms with Gasteiger partial charge in [-0.25, -0.2) is 9.97 Å². The number of anilines is 1. The lowest BCUT2D eigenvalue weighted by Crippen LogP contribution is -2.46. The van der Waals surface area contributed by atoms with Gasteiger partial charge in [0.1, 0.15) is 11.6 Å². The van der Waals surface area contributed by atoms with Crippen molar-refractivity contribution in [2.75, 3.05) is 12.4 Å². The maximum absolute atomic E-state index is 13.5. The zero-order valence-corrected chi connectivity index (χ0v) is 24.7. The maximum atomic E-state index is 13.5. The van der Waals surface area contributed by atoms with Gasteiger partial charge in [-0.15, -0.1) is 21.5 Å². The molecule has 2 N–H and O–H groups in total. The Morgan fingerprint density at radius 3 is 2.45 bits per heavy atom. The molecule has 0 aliphatic rings. The summed E-state index contributed by atoms with van der Waals surface area (Å²) >= 11 is 1.52. The summed E-state index contributed by atoms with van der Waals surface area (Å²) < 4.78 is 8.25. The SMILES string of the molecule is CNc1ncc(-c2ccccc2)n(CC(=O)N[C@@H](C(=O)c2nnc(C(C)(C)c3nc4ccccc4s3)o2)C(C)C)c1=O. The number of nitrogens with zero attached hydrogens (tertiary/aromatic N) is 5. The van der Waals surface area contributed by atoms with Crippen LogP contribution in [0.4, 0.5) is 5.82 Å².